The predicted octanol–water partition coefficient (Wildman–Crippen LogP) is 4.00. The van der Waals surface area contributed by atoms with Crippen LogP contribution in [0.4, 0.5) is 17.6 Å². The van der Waals surface area contributed by atoms with E-state index in [1.165, 1.54) is 6.07 Å². The third-order valence-electron chi connectivity index (χ3n) is 2.32. The van der Waals surface area contributed by atoms with Crippen LogP contribution in [0.1, 0.15) is 29.1 Å². The van der Waals surface area contributed by atoms with E-state index in [2.05, 4.69) is 5.32 Å². The number of hydrogen-bond donors (Lipinski definition) is 1. The molecule has 0 bridgehead atoms. The van der Waals surface area contributed by atoms with Crippen molar-refractivity contribution in [3.05, 3.63) is 21.9 Å². The van der Waals surface area contributed by atoms with Crippen molar-refractivity contribution in [1.82, 2.24) is 5.32 Å². The van der Waals surface area contributed by atoms with Crippen LogP contribution in [-0.2, 0) is 0 Å². The van der Waals surface area contributed by atoms with Gasteiger partial charge in [-0.3, -0.25) is 0 Å². The first-order valence-corrected chi connectivity index (χ1v) is 6.17. The fourth-order valence-corrected chi connectivity index (χ4v) is 2.45. The van der Waals surface area contributed by atoms with Crippen LogP contribution < -0.4 is 5.32 Å². The standard InChI is InChI=1S/C11H15F4NS/c1-3-6-16-9(11(14,15)10(12)13)8-5-4-7(2)17-8/h4-5,9-10,16H,3,6H2,1-2H3. The summed E-state index contributed by atoms with van der Waals surface area (Å²) in [6.07, 6.45) is -3.06. The second kappa shape index (κ2) is 5.82. The number of hydrogen-bond acceptors (Lipinski definition) is 2. The lowest BCUT2D eigenvalue weighted by atomic mass is 10.1. The Labute approximate surface area is 102 Å². The highest BCUT2D eigenvalue weighted by Gasteiger charge is 2.49. The lowest BCUT2D eigenvalue weighted by Gasteiger charge is -2.26. The number of nitrogens with one attached hydrogen (secondary N) is 1. The molecule has 0 aliphatic heterocycles. The Morgan fingerprint density at radius 2 is 2.00 bits per heavy atom. The van der Waals surface area contributed by atoms with Crippen molar-refractivity contribution in [2.24, 2.45) is 0 Å². The zero-order chi connectivity index (χ0) is 13.1. The van der Waals surface area contributed by atoms with Crippen molar-refractivity contribution in [3.8, 4) is 0 Å². The molecule has 0 fully saturated rings. The summed E-state index contributed by atoms with van der Waals surface area (Å²) in [5, 5.41) is 2.50. The molecule has 0 saturated heterocycles. The van der Waals surface area contributed by atoms with E-state index in [-0.39, 0.29) is 11.4 Å². The number of halogens is 4. The number of rotatable bonds is 6. The van der Waals surface area contributed by atoms with Gasteiger partial charge >= 0.3 is 12.3 Å². The monoisotopic (exact) mass is 269 g/mol. The highest BCUT2D eigenvalue weighted by molar-refractivity contribution is 7.12. The predicted molar refractivity (Wildman–Crippen MR) is 61.0 cm³/mol. The average Bonchev–Trinajstić information content (AvgIpc) is 2.65. The van der Waals surface area contributed by atoms with E-state index in [9.17, 15) is 17.6 Å². The van der Waals surface area contributed by atoms with Gasteiger partial charge in [0.1, 0.15) is 6.04 Å². The maximum atomic E-state index is 13.4. The minimum atomic E-state index is -4.05. The van der Waals surface area contributed by atoms with Crippen LogP contribution >= 0.6 is 11.3 Å². The van der Waals surface area contributed by atoms with E-state index in [0.29, 0.717) is 6.42 Å². The summed E-state index contributed by atoms with van der Waals surface area (Å²) in [5.41, 5.74) is 0. The molecule has 1 N–H and O–H groups in total. The summed E-state index contributed by atoms with van der Waals surface area (Å²) in [7, 11) is 0. The van der Waals surface area contributed by atoms with Gasteiger partial charge in [-0.2, -0.15) is 8.78 Å². The van der Waals surface area contributed by atoms with Gasteiger partial charge in [-0.25, -0.2) is 8.78 Å². The van der Waals surface area contributed by atoms with Crippen LogP contribution in [0.2, 0.25) is 0 Å². The van der Waals surface area contributed by atoms with Crippen molar-refractivity contribution in [2.45, 2.75) is 38.7 Å². The molecule has 1 aromatic rings. The first kappa shape index (κ1) is 14.4. The molecule has 0 amide bonds. The summed E-state index contributed by atoms with van der Waals surface area (Å²) < 4.78 is 51.6. The largest absolute Gasteiger partial charge is 0.327 e. The third-order valence-corrected chi connectivity index (χ3v) is 3.39. The molecule has 0 spiro atoms. The lowest BCUT2D eigenvalue weighted by molar-refractivity contribution is -0.150. The Balaban J connectivity index is 2.95. The van der Waals surface area contributed by atoms with Crippen LogP contribution in [0, 0.1) is 6.92 Å². The minimum absolute atomic E-state index is 0.251. The smallest absolute Gasteiger partial charge is 0.304 e. The first-order chi connectivity index (χ1) is 7.89. The van der Waals surface area contributed by atoms with Gasteiger partial charge in [0.2, 0.25) is 0 Å². The highest BCUT2D eigenvalue weighted by Crippen LogP contribution is 2.39. The van der Waals surface area contributed by atoms with E-state index in [1.54, 1.807) is 19.9 Å². The molecule has 1 heterocycles. The molecular formula is C11H15F4NS. The second-order valence-corrected chi connectivity index (χ2v) is 5.13. The van der Waals surface area contributed by atoms with E-state index in [4.69, 9.17) is 0 Å². The Kier molecular flexibility index (Phi) is 4.94. The SMILES string of the molecule is CCCNC(c1ccc(C)s1)C(F)(F)C(F)F. The van der Waals surface area contributed by atoms with Gasteiger partial charge in [0.15, 0.2) is 0 Å². The van der Waals surface area contributed by atoms with E-state index in [1.807, 2.05) is 0 Å². The molecule has 1 atom stereocenters. The average molecular weight is 269 g/mol. The van der Waals surface area contributed by atoms with Gasteiger partial charge in [0.05, 0.1) is 0 Å². The topological polar surface area (TPSA) is 12.0 Å². The van der Waals surface area contributed by atoms with E-state index < -0.39 is 18.4 Å². The van der Waals surface area contributed by atoms with Crippen LogP contribution in [0.3, 0.4) is 0 Å². The number of thiophene rings is 1. The second-order valence-electron chi connectivity index (χ2n) is 3.81. The molecule has 0 aliphatic carbocycles. The normalized spacial score (nSPS) is 14.3. The molecule has 98 valence electrons. The molecule has 0 saturated carbocycles. The van der Waals surface area contributed by atoms with Gasteiger partial charge in [0, 0.05) is 9.75 Å². The summed E-state index contributed by atoms with van der Waals surface area (Å²) in [6, 6.07) is 1.52. The Bertz CT molecular complexity index is 351. The molecule has 1 unspecified atom stereocenters. The van der Waals surface area contributed by atoms with Gasteiger partial charge < -0.3 is 5.32 Å². The Hall–Kier alpha value is -0.620. The zero-order valence-corrected chi connectivity index (χ0v) is 10.5. The van der Waals surface area contributed by atoms with Crippen molar-refractivity contribution in [1.29, 1.82) is 0 Å². The van der Waals surface area contributed by atoms with Gasteiger partial charge in [0.25, 0.3) is 0 Å². The molecule has 0 aromatic carbocycles. The highest BCUT2D eigenvalue weighted by atomic mass is 32.1. The Morgan fingerprint density at radius 1 is 1.35 bits per heavy atom. The molecule has 1 nitrogen and oxygen atoms in total. The molecule has 17 heavy (non-hydrogen) atoms. The molecule has 1 aromatic heterocycles. The van der Waals surface area contributed by atoms with Gasteiger partial charge in [-0.1, -0.05) is 6.92 Å². The van der Waals surface area contributed by atoms with E-state index in [0.717, 1.165) is 16.2 Å². The fraction of sp³-hybridized carbons (Fsp3) is 0.636. The van der Waals surface area contributed by atoms with Crippen LogP contribution in [0.25, 0.3) is 0 Å². The minimum Gasteiger partial charge on any atom is -0.304 e. The van der Waals surface area contributed by atoms with Crippen molar-refractivity contribution in [3.63, 3.8) is 0 Å². The van der Waals surface area contributed by atoms with Crippen molar-refractivity contribution in [2.75, 3.05) is 6.54 Å². The van der Waals surface area contributed by atoms with Crippen LogP contribution in [0.5, 0.6) is 0 Å². The molecule has 0 radical (unpaired) electrons. The van der Waals surface area contributed by atoms with Crippen molar-refractivity contribution < 1.29 is 17.6 Å². The number of aryl methyl sites for hydroxylation is 1. The van der Waals surface area contributed by atoms with Crippen LogP contribution in [0.15, 0.2) is 12.1 Å². The van der Waals surface area contributed by atoms with E-state index >= 15 is 0 Å². The maximum absolute atomic E-state index is 13.4. The summed E-state index contributed by atoms with van der Waals surface area (Å²) >= 11 is 1.11. The summed E-state index contributed by atoms with van der Waals surface area (Å²) in [6.45, 7) is 3.83. The van der Waals surface area contributed by atoms with Gasteiger partial charge in [-0.05, 0) is 32.0 Å². The zero-order valence-electron chi connectivity index (χ0n) is 9.64. The lowest BCUT2D eigenvalue weighted by Crippen LogP contribution is -2.42. The Morgan fingerprint density at radius 3 is 2.41 bits per heavy atom. The maximum Gasteiger partial charge on any atom is 0.327 e. The third kappa shape index (κ3) is 3.42. The fourth-order valence-electron chi connectivity index (χ4n) is 1.45. The molecule has 0 aliphatic rings. The summed E-state index contributed by atoms with van der Waals surface area (Å²) in [5.74, 6) is -4.05. The van der Waals surface area contributed by atoms with Crippen molar-refractivity contribution >= 4 is 11.3 Å². The van der Waals surface area contributed by atoms with Crippen LogP contribution in [-0.4, -0.2) is 18.9 Å². The number of alkyl halides is 4. The quantitative estimate of drug-likeness (QED) is 0.770. The summed E-state index contributed by atoms with van der Waals surface area (Å²) in [4.78, 5) is 1.08. The molecular weight excluding hydrogens is 254 g/mol. The molecule has 1 rings (SSSR count). The molecule has 6 heteroatoms. The first-order valence-electron chi connectivity index (χ1n) is 5.35. The van der Waals surface area contributed by atoms with Gasteiger partial charge in [-0.15, -0.1) is 11.3 Å².